The van der Waals surface area contributed by atoms with Crippen molar-refractivity contribution in [2.45, 2.75) is 13.1 Å². The van der Waals surface area contributed by atoms with Crippen molar-refractivity contribution in [3.63, 3.8) is 0 Å². The van der Waals surface area contributed by atoms with Crippen LogP contribution in [0.1, 0.15) is 11.3 Å². The van der Waals surface area contributed by atoms with Crippen LogP contribution in [0.15, 0.2) is 40.8 Å². The normalized spacial score (nSPS) is 10.6. The molecule has 2 nitrogen and oxygen atoms in total. The minimum Gasteiger partial charge on any atom is -0.448 e. The van der Waals surface area contributed by atoms with Crippen LogP contribution in [-0.2, 0) is 13.1 Å². The first-order valence-electron chi connectivity index (χ1n) is 4.93. The average Bonchev–Trinajstić information content (AvgIpc) is 2.67. The molecule has 0 saturated heterocycles. The minimum absolute atomic E-state index is 0.221. The Morgan fingerprint density at radius 2 is 1.81 bits per heavy atom. The molecule has 0 aliphatic heterocycles. The second-order valence-corrected chi connectivity index (χ2v) is 3.81. The highest BCUT2D eigenvalue weighted by molar-refractivity contribution is 6.28. The van der Waals surface area contributed by atoms with Gasteiger partial charge in [-0.3, -0.25) is 0 Å². The summed E-state index contributed by atoms with van der Waals surface area (Å²) in [6.45, 7) is 1.27. The SMILES string of the molecule is Fc1ccc(CNCc2ccc(Cl)o2)cc1. The van der Waals surface area contributed by atoms with Crippen molar-refractivity contribution in [3.8, 4) is 0 Å². The molecule has 0 aliphatic carbocycles. The molecule has 4 heteroatoms. The largest absolute Gasteiger partial charge is 0.448 e. The van der Waals surface area contributed by atoms with E-state index in [9.17, 15) is 4.39 Å². The summed E-state index contributed by atoms with van der Waals surface area (Å²) >= 11 is 5.64. The Morgan fingerprint density at radius 3 is 2.44 bits per heavy atom. The third-order valence-corrected chi connectivity index (χ3v) is 2.37. The van der Waals surface area contributed by atoms with E-state index in [-0.39, 0.29) is 5.82 Å². The van der Waals surface area contributed by atoms with Crippen LogP contribution in [0.25, 0.3) is 0 Å². The Labute approximate surface area is 98.0 Å². The molecule has 2 aromatic rings. The van der Waals surface area contributed by atoms with Crippen molar-refractivity contribution >= 4 is 11.6 Å². The molecule has 0 radical (unpaired) electrons. The van der Waals surface area contributed by atoms with Gasteiger partial charge in [0.25, 0.3) is 0 Å². The van der Waals surface area contributed by atoms with Gasteiger partial charge in [-0.25, -0.2) is 4.39 Å². The molecule has 0 saturated carbocycles. The zero-order chi connectivity index (χ0) is 11.4. The van der Waals surface area contributed by atoms with Gasteiger partial charge >= 0.3 is 0 Å². The second-order valence-electron chi connectivity index (χ2n) is 3.44. The van der Waals surface area contributed by atoms with Gasteiger partial charge in [0, 0.05) is 6.54 Å². The highest BCUT2D eigenvalue weighted by atomic mass is 35.5. The molecule has 0 amide bonds. The van der Waals surface area contributed by atoms with E-state index in [1.807, 2.05) is 6.07 Å². The Bertz CT molecular complexity index is 452. The molecule has 0 spiro atoms. The number of rotatable bonds is 4. The van der Waals surface area contributed by atoms with Gasteiger partial charge in [-0.05, 0) is 41.4 Å². The number of halogens is 2. The Hall–Kier alpha value is -1.32. The molecule has 1 aromatic heterocycles. The summed E-state index contributed by atoms with van der Waals surface area (Å²) in [7, 11) is 0. The molecule has 1 aromatic carbocycles. The summed E-state index contributed by atoms with van der Waals surface area (Å²) in [5, 5.41) is 3.56. The van der Waals surface area contributed by atoms with Crippen LogP contribution in [0.5, 0.6) is 0 Å². The first kappa shape index (κ1) is 11.2. The predicted octanol–water partition coefficient (Wildman–Crippen LogP) is 3.36. The summed E-state index contributed by atoms with van der Waals surface area (Å²) < 4.78 is 17.8. The highest BCUT2D eigenvalue weighted by Crippen LogP contribution is 2.12. The van der Waals surface area contributed by atoms with E-state index in [2.05, 4.69) is 5.32 Å². The molecular weight excluding hydrogens is 229 g/mol. The average molecular weight is 240 g/mol. The van der Waals surface area contributed by atoms with Crippen LogP contribution in [0.3, 0.4) is 0 Å². The molecule has 16 heavy (non-hydrogen) atoms. The topological polar surface area (TPSA) is 25.2 Å². The van der Waals surface area contributed by atoms with E-state index in [1.54, 1.807) is 18.2 Å². The first-order valence-corrected chi connectivity index (χ1v) is 5.31. The lowest BCUT2D eigenvalue weighted by Crippen LogP contribution is -2.11. The molecule has 0 aliphatic rings. The standard InChI is InChI=1S/C12H11ClFNO/c13-12-6-5-11(16-12)8-15-7-9-1-3-10(14)4-2-9/h1-6,15H,7-8H2. The molecule has 0 fully saturated rings. The van der Waals surface area contributed by atoms with Gasteiger partial charge in [0.1, 0.15) is 11.6 Å². The maximum atomic E-state index is 12.6. The number of hydrogen-bond acceptors (Lipinski definition) is 2. The van der Waals surface area contributed by atoms with Crippen LogP contribution in [0.2, 0.25) is 5.22 Å². The van der Waals surface area contributed by atoms with Gasteiger partial charge in [-0.2, -0.15) is 0 Å². The third-order valence-electron chi connectivity index (χ3n) is 2.17. The van der Waals surface area contributed by atoms with Gasteiger partial charge in [0.05, 0.1) is 6.54 Å². The van der Waals surface area contributed by atoms with Crippen molar-refractivity contribution in [1.82, 2.24) is 5.32 Å². The van der Waals surface area contributed by atoms with E-state index >= 15 is 0 Å². The molecule has 1 heterocycles. The van der Waals surface area contributed by atoms with Gasteiger partial charge in [-0.15, -0.1) is 0 Å². The van der Waals surface area contributed by atoms with E-state index in [4.69, 9.17) is 16.0 Å². The monoisotopic (exact) mass is 239 g/mol. The number of hydrogen-bond donors (Lipinski definition) is 1. The van der Waals surface area contributed by atoms with Gasteiger partial charge in [0.2, 0.25) is 0 Å². The predicted molar refractivity (Wildman–Crippen MR) is 60.7 cm³/mol. The highest BCUT2D eigenvalue weighted by Gasteiger charge is 1.99. The summed E-state index contributed by atoms with van der Waals surface area (Å²) in [5.74, 6) is 0.564. The lowest BCUT2D eigenvalue weighted by molar-refractivity contribution is 0.484. The Kier molecular flexibility index (Phi) is 3.59. The number of nitrogens with one attached hydrogen (secondary N) is 1. The van der Waals surface area contributed by atoms with E-state index < -0.39 is 0 Å². The van der Waals surface area contributed by atoms with Crippen LogP contribution in [0.4, 0.5) is 4.39 Å². The maximum Gasteiger partial charge on any atom is 0.193 e. The Morgan fingerprint density at radius 1 is 1.06 bits per heavy atom. The van der Waals surface area contributed by atoms with Crippen molar-refractivity contribution in [2.75, 3.05) is 0 Å². The van der Waals surface area contributed by atoms with Crippen molar-refractivity contribution in [3.05, 3.63) is 58.8 Å². The lowest BCUT2D eigenvalue weighted by Gasteiger charge is -2.02. The second kappa shape index (κ2) is 5.14. The third kappa shape index (κ3) is 3.08. The zero-order valence-electron chi connectivity index (χ0n) is 8.54. The Balaban J connectivity index is 1.82. The molecule has 0 unspecified atom stereocenters. The van der Waals surface area contributed by atoms with Gasteiger partial charge < -0.3 is 9.73 Å². The van der Waals surface area contributed by atoms with Gasteiger partial charge in [0.15, 0.2) is 5.22 Å². The van der Waals surface area contributed by atoms with Crippen molar-refractivity contribution in [2.24, 2.45) is 0 Å². The fourth-order valence-electron chi connectivity index (χ4n) is 1.38. The van der Waals surface area contributed by atoms with Crippen LogP contribution in [0, 0.1) is 5.82 Å². The fraction of sp³-hybridized carbons (Fsp3) is 0.167. The van der Waals surface area contributed by atoms with E-state index in [0.29, 0.717) is 18.3 Å². The van der Waals surface area contributed by atoms with E-state index in [0.717, 1.165) is 11.3 Å². The molecule has 84 valence electrons. The minimum atomic E-state index is -0.221. The molecule has 0 atom stereocenters. The molecule has 1 N–H and O–H groups in total. The van der Waals surface area contributed by atoms with Crippen LogP contribution < -0.4 is 5.32 Å². The van der Waals surface area contributed by atoms with Crippen molar-refractivity contribution in [1.29, 1.82) is 0 Å². The fourth-order valence-corrected chi connectivity index (χ4v) is 1.54. The summed E-state index contributed by atoms with van der Waals surface area (Å²) in [6, 6.07) is 9.91. The van der Waals surface area contributed by atoms with Crippen molar-refractivity contribution < 1.29 is 8.81 Å². The lowest BCUT2D eigenvalue weighted by atomic mass is 10.2. The molecule has 0 bridgehead atoms. The van der Waals surface area contributed by atoms with Crippen LogP contribution in [-0.4, -0.2) is 0 Å². The maximum absolute atomic E-state index is 12.6. The summed E-state index contributed by atoms with van der Waals surface area (Å²) in [4.78, 5) is 0. The first-order chi connectivity index (χ1) is 7.74. The number of furan rings is 1. The molecule has 2 rings (SSSR count). The van der Waals surface area contributed by atoms with Crippen LogP contribution >= 0.6 is 11.6 Å². The smallest absolute Gasteiger partial charge is 0.193 e. The zero-order valence-corrected chi connectivity index (χ0v) is 9.30. The summed E-state index contributed by atoms with van der Waals surface area (Å²) in [5.41, 5.74) is 1.03. The quantitative estimate of drug-likeness (QED) is 0.885. The van der Waals surface area contributed by atoms with Gasteiger partial charge in [-0.1, -0.05) is 12.1 Å². The molecular formula is C12H11ClFNO. The summed E-state index contributed by atoms with van der Waals surface area (Å²) in [6.07, 6.45) is 0. The van der Waals surface area contributed by atoms with E-state index in [1.165, 1.54) is 12.1 Å². The number of benzene rings is 1.